The number of carbonyl (C=O) groups is 1. The lowest BCUT2D eigenvalue weighted by atomic mass is 10.1. The summed E-state index contributed by atoms with van der Waals surface area (Å²) in [4.78, 5) is 11.4. The first-order valence-electron chi connectivity index (χ1n) is 8.43. The summed E-state index contributed by atoms with van der Waals surface area (Å²) in [7, 11) is 0. The van der Waals surface area contributed by atoms with Crippen LogP contribution in [0.1, 0.15) is 32.6 Å². The zero-order valence-corrected chi connectivity index (χ0v) is 17.3. The van der Waals surface area contributed by atoms with Crippen LogP contribution in [0.2, 0.25) is 0 Å². The minimum atomic E-state index is -0.807. The standard InChI is InChI=1S/C16H30O3S4/c1-2-3-5-15(16(17)18)19-14-12-22-10-8-20-6-4-7-21-9-11-23-13-14/h14-15H,2-13H2,1H3,(H,17,18)/t15-/m1/s1. The summed E-state index contributed by atoms with van der Waals surface area (Å²) in [5, 5.41) is 9.36. The van der Waals surface area contributed by atoms with Crippen LogP contribution in [0.15, 0.2) is 0 Å². The molecule has 1 fully saturated rings. The van der Waals surface area contributed by atoms with Crippen LogP contribution in [0.4, 0.5) is 0 Å². The van der Waals surface area contributed by atoms with Crippen molar-refractivity contribution in [3.05, 3.63) is 0 Å². The molecule has 1 atom stereocenters. The second-order valence-electron chi connectivity index (χ2n) is 5.46. The lowest BCUT2D eigenvalue weighted by Gasteiger charge is -2.22. The largest absolute Gasteiger partial charge is 0.479 e. The Labute approximate surface area is 158 Å². The van der Waals surface area contributed by atoms with Gasteiger partial charge < -0.3 is 9.84 Å². The van der Waals surface area contributed by atoms with Gasteiger partial charge in [-0.05, 0) is 24.3 Å². The van der Waals surface area contributed by atoms with Gasteiger partial charge in [-0.2, -0.15) is 47.0 Å². The van der Waals surface area contributed by atoms with E-state index < -0.39 is 12.1 Å². The predicted octanol–water partition coefficient (Wildman–Crippen LogP) is 4.35. The molecule has 3 nitrogen and oxygen atoms in total. The molecule has 0 aromatic rings. The first kappa shape index (κ1) is 21.9. The average molecular weight is 399 g/mol. The van der Waals surface area contributed by atoms with Crippen molar-refractivity contribution in [2.24, 2.45) is 0 Å². The summed E-state index contributed by atoms with van der Waals surface area (Å²) in [5.41, 5.74) is 0. The third-order valence-corrected chi connectivity index (χ3v) is 8.24. The van der Waals surface area contributed by atoms with E-state index in [2.05, 4.69) is 6.92 Å². The third-order valence-electron chi connectivity index (χ3n) is 3.38. The minimum Gasteiger partial charge on any atom is -0.479 e. The fraction of sp³-hybridized carbons (Fsp3) is 0.938. The van der Waals surface area contributed by atoms with Gasteiger partial charge in [-0.25, -0.2) is 4.79 Å². The fourth-order valence-electron chi connectivity index (χ4n) is 2.13. The first-order chi connectivity index (χ1) is 11.2. The van der Waals surface area contributed by atoms with Crippen LogP contribution in [0, 0.1) is 0 Å². The maximum Gasteiger partial charge on any atom is 0.332 e. The van der Waals surface area contributed by atoms with Gasteiger partial charge in [0.15, 0.2) is 6.10 Å². The molecule has 0 radical (unpaired) electrons. The van der Waals surface area contributed by atoms with Crippen molar-refractivity contribution in [1.29, 1.82) is 0 Å². The van der Waals surface area contributed by atoms with Crippen LogP contribution in [0.5, 0.6) is 0 Å². The molecule has 0 unspecified atom stereocenters. The molecule has 1 heterocycles. The molecule has 0 saturated carbocycles. The molecule has 1 N–H and O–H groups in total. The van der Waals surface area contributed by atoms with Crippen molar-refractivity contribution in [2.75, 3.05) is 46.0 Å². The van der Waals surface area contributed by atoms with E-state index in [1.807, 2.05) is 47.0 Å². The van der Waals surface area contributed by atoms with Gasteiger partial charge in [0.2, 0.25) is 0 Å². The fourth-order valence-corrected chi connectivity index (χ4v) is 6.71. The van der Waals surface area contributed by atoms with E-state index in [0.717, 1.165) is 35.9 Å². The molecule has 0 bridgehead atoms. The predicted molar refractivity (Wildman–Crippen MR) is 110 cm³/mol. The lowest BCUT2D eigenvalue weighted by Crippen LogP contribution is -2.32. The van der Waals surface area contributed by atoms with Crippen molar-refractivity contribution in [2.45, 2.75) is 44.8 Å². The second kappa shape index (κ2) is 15.1. The Morgan fingerprint density at radius 3 is 2.13 bits per heavy atom. The van der Waals surface area contributed by atoms with Crippen molar-refractivity contribution < 1.29 is 14.6 Å². The molecule has 136 valence electrons. The molecule has 23 heavy (non-hydrogen) atoms. The highest BCUT2D eigenvalue weighted by atomic mass is 32.2. The quantitative estimate of drug-likeness (QED) is 0.713. The van der Waals surface area contributed by atoms with Crippen LogP contribution in [0.25, 0.3) is 0 Å². The molecule has 0 aromatic heterocycles. The molecule has 7 heteroatoms. The highest BCUT2D eigenvalue weighted by molar-refractivity contribution is 8.04. The summed E-state index contributed by atoms with van der Waals surface area (Å²) in [5.74, 6) is 8.19. The van der Waals surface area contributed by atoms with E-state index in [-0.39, 0.29) is 6.10 Å². The van der Waals surface area contributed by atoms with Gasteiger partial charge in [-0.15, -0.1) is 0 Å². The number of thioether (sulfide) groups is 4. The number of carboxylic acid groups (broad SMARTS) is 1. The lowest BCUT2D eigenvalue weighted by molar-refractivity contribution is -0.153. The molecule has 1 rings (SSSR count). The van der Waals surface area contributed by atoms with E-state index in [1.165, 1.54) is 29.4 Å². The SMILES string of the molecule is CCCC[C@@H](OC1CSCCSCCCSCCSC1)C(=O)O. The Morgan fingerprint density at radius 2 is 1.61 bits per heavy atom. The van der Waals surface area contributed by atoms with E-state index in [0.29, 0.717) is 6.42 Å². The smallest absolute Gasteiger partial charge is 0.332 e. The Morgan fingerprint density at radius 1 is 1.04 bits per heavy atom. The number of aliphatic carboxylic acids is 1. The Bertz CT molecular complexity index is 291. The Kier molecular flexibility index (Phi) is 14.4. The molecular weight excluding hydrogens is 368 g/mol. The molecule has 1 aliphatic heterocycles. The summed E-state index contributed by atoms with van der Waals surface area (Å²) in [6.45, 7) is 2.08. The van der Waals surface area contributed by atoms with Gasteiger partial charge in [-0.1, -0.05) is 19.8 Å². The van der Waals surface area contributed by atoms with Crippen molar-refractivity contribution in [3.8, 4) is 0 Å². The number of hydrogen-bond acceptors (Lipinski definition) is 6. The molecule has 0 amide bonds. The van der Waals surface area contributed by atoms with E-state index >= 15 is 0 Å². The van der Waals surface area contributed by atoms with Gasteiger partial charge in [0.05, 0.1) is 6.10 Å². The van der Waals surface area contributed by atoms with Crippen molar-refractivity contribution >= 4 is 53.0 Å². The zero-order chi connectivity index (χ0) is 16.8. The molecule has 0 aromatic carbocycles. The van der Waals surface area contributed by atoms with Crippen molar-refractivity contribution in [3.63, 3.8) is 0 Å². The summed E-state index contributed by atoms with van der Waals surface area (Å²) in [6, 6.07) is 0. The normalized spacial score (nSPS) is 21.4. The van der Waals surface area contributed by atoms with E-state index in [4.69, 9.17) is 4.74 Å². The first-order valence-corrected chi connectivity index (χ1v) is 13.0. The number of hydrogen-bond donors (Lipinski definition) is 1. The highest BCUT2D eigenvalue weighted by Gasteiger charge is 2.22. The maximum absolute atomic E-state index is 11.4. The molecule has 1 saturated heterocycles. The average Bonchev–Trinajstić information content (AvgIpc) is 2.54. The number of carboxylic acids is 1. The minimum absolute atomic E-state index is 0.0564. The highest BCUT2D eigenvalue weighted by Crippen LogP contribution is 2.19. The number of rotatable bonds is 6. The molecule has 0 aliphatic carbocycles. The molecular formula is C16H30O3S4. The van der Waals surface area contributed by atoms with Gasteiger partial charge in [0.25, 0.3) is 0 Å². The number of ether oxygens (including phenoxy) is 1. The molecule has 1 aliphatic rings. The van der Waals surface area contributed by atoms with Crippen LogP contribution >= 0.6 is 47.0 Å². The van der Waals surface area contributed by atoms with Crippen LogP contribution in [-0.4, -0.2) is 69.3 Å². The monoisotopic (exact) mass is 398 g/mol. The van der Waals surface area contributed by atoms with Crippen LogP contribution < -0.4 is 0 Å². The summed E-state index contributed by atoms with van der Waals surface area (Å²) in [6.07, 6.45) is 3.29. The maximum atomic E-state index is 11.4. The van der Waals surface area contributed by atoms with E-state index in [1.54, 1.807) is 0 Å². The zero-order valence-electron chi connectivity index (χ0n) is 14.0. The third kappa shape index (κ3) is 11.9. The van der Waals surface area contributed by atoms with Crippen LogP contribution in [0.3, 0.4) is 0 Å². The molecule has 0 spiro atoms. The summed E-state index contributed by atoms with van der Waals surface area (Å²) >= 11 is 7.89. The Hall–Kier alpha value is 0.830. The van der Waals surface area contributed by atoms with E-state index in [9.17, 15) is 9.90 Å². The summed E-state index contributed by atoms with van der Waals surface area (Å²) < 4.78 is 5.96. The number of unbranched alkanes of at least 4 members (excludes halogenated alkanes) is 1. The Balaban J connectivity index is 2.43. The van der Waals surface area contributed by atoms with Gasteiger partial charge in [0, 0.05) is 34.5 Å². The van der Waals surface area contributed by atoms with Crippen molar-refractivity contribution in [1.82, 2.24) is 0 Å². The van der Waals surface area contributed by atoms with Gasteiger partial charge in [0.1, 0.15) is 0 Å². The second-order valence-corrected chi connectivity index (χ2v) is 10.2. The van der Waals surface area contributed by atoms with Gasteiger partial charge in [-0.3, -0.25) is 0 Å². The van der Waals surface area contributed by atoms with Crippen LogP contribution in [-0.2, 0) is 9.53 Å². The van der Waals surface area contributed by atoms with Gasteiger partial charge >= 0.3 is 5.97 Å². The topological polar surface area (TPSA) is 46.5 Å².